The average molecular weight is 521 g/mol. The highest BCUT2D eigenvalue weighted by atomic mass is 16.2. The normalized spacial score (nSPS) is 24.2. The molecule has 3 aliphatic rings. The minimum absolute atomic E-state index is 0.0140. The number of fused-ring (bicyclic) bond motifs is 2. The molecular weight excluding hydrogens is 476 g/mol. The monoisotopic (exact) mass is 520 g/mol. The van der Waals surface area contributed by atoms with Gasteiger partial charge >= 0.3 is 0 Å². The summed E-state index contributed by atoms with van der Waals surface area (Å²) in [6.45, 7) is 11.2. The van der Waals surface area contributed by atoms with E-state index in [0.717, 1.165) is 62.5 Å². The number of benzene rings is 1. The number of hydrogen-bond donors (Lipinski definition) is 0. The van der Waals surface area contributed by atoms with Crippen molar-refractivity contribution in [3.63, 3.8) is 0 Å². The number of nitrogens with zero attached hydrogens (tertiary/aromatic N) is 6. The van der Waals surface area contributed by atoms with Gasteiger partial charge in [-0.05, 0) is 64.0 Å². The van der Waals surface area contributed by atoms with Gasteiger partial charge in [0.25, 0.3) is 0 Å². The van der Waals surface area contributed by atoms with Gasteiger partial charge in [0.15, 0.2) is 0 Å². The van der Waals surface area contributed by atoms with Crippen molar-refractivity contribution in [3.8, 4) is 0 Å². The number of likely N-dealkylation sites (tertiary alicyclic amines) is 1. The first kappa shape index (κ1) is 26.9. The molecule has 2 unspecified atom stereocenters. The molecule has 3 aliphatic heterocycles. The lowest BCUT2D eigenvalue weighted by Crippen LogP contribution is -2.46. The van der Waals surface area contributed by atoms with Crippen molar-refractivity contribution in [1.82, 2.24) is 24.6 Å². The first-order valence-corrected chi connectivity index (χ1v) is 14.6. The topological polar surface area (TPSA) is 74.6 Å². The predicted octanol–water partition coefficient (Wildman–Crippen LogP) is 4.56. The molecule has 5 rings (SSSR count). The molecule has 2 bridgehead atoms. The summed E-state index contributed by atoms with van der Waals surface area (Å²) in [4.78, 5) is 32.0. The number of rotatable bonds is 8. The lowest BCUT2D eigenvalue weighted by atomic mass is 9.94. The number of amides is 2. The largest absolute Gasteiger partial charge is 0.343 e. The second-order valence-electron chi connectivity index (χ2n) is 11.8. The second kappa shape index (κ2) is 11.6. The summed E-state index contributed by atoms with van der Waals surface area (Å²) in [5.41, 5.74) is 0.984. The smallest absolute Gasteiger partial charge is 0.230 e. The van der Waals surface area contributed by atoms with Gasteiger partial charge in [-0.15, -0.1) is 10.2 Å². The van der Waals surface area contributed by atoms with E-state index in [4.69, 9.17) is 0 Å². The number of aromatic nitrogens is 3. The molecule has 2 amide bonds. The van der Waals surface area contributed by atoms with Gasteiger partial charge in [-0.2, -0.15) is 0 Å². The lowest BCUT2D eigenvalue weighted by molar-refractivity contribution is -0.133. The number of carbonyl (C=O) groups excluding carboxylic acids is 2. The molecule has 1 aromatic heterocycles. The van der Waals surface area contributed by atoms with Crippen molar-refractivity contribution in [2.45, 2.75) is 96.7 Å². The molecule has 0 saturated carbocycles. The van der Waals surface area contributed by atoms with Crippen LogP contribution in [0.5, 0.6) is 0 Å². The van der Waals surface area contributed by atoms with E-state index in [-0.39, 0.29) is 17.7 Å². The third-order valence-electron chi connectivity index (χ3n) is 9.06. The van der Waals surface area contributed by atoms with E-state index in [1.165, 1.54) is 12.8 Å². The zero-order chi connectivity index (χ0) is 26.8. The zero-order valence-electron chi connectivity index (χ0n) is 23.6. The van der Waals surface area contributed by atoms with Crippen LogP contribution >= 0.6 is 0 Å². The average Bonchev–Trinajstić information content (AvgIpc) is 3.42. The number of anilines is 1. The van der Waals surface area contributed by atoms with Crippen LogP contribution in [-0.4, -0.2) is 74.6 Å². The Morgan fingerprint density at radius 3 is 2.24 bits per heavy atom. The van der Waals surface area contributed by atoms with E-state index in [0.29, 0.717) is 37.1 Å². The summed E-state index contributed by atoms with van der Waals surface area (Å²) >= 11 is 0. The molecule has 0 spiro atoms. The molecular formula is C30H44N6O2. The summed E-state index contributed by atoms with van der Waals surface area (Å²) in [5, 5.41) is 8.90. The van der Waals surface area contributed by atoms with Crippen LogP contribution in [0, 0.1) is 12.8 Å². The molecule has 3 fully saturated rings. The highest BCUT2D eigenvalue weighted by molar-refractivity contribution is 5.95. The fourth-order valence-electron chi connectivity index (χ4n) is 7.10. The van der Waals surface area contributed by atoms with Crippen LogP contribution in [0.25, 0.3) is 0 Å². The second-order valence-corrected chi connectivity index (χ2v) is 11.8. The summed E-state index contributed by atoms with van der Waals surface area (Å²) in [6.07, 6.45) is 7.30. The van der Waals surface area contributed by atoms with E-state index in [2.05, 4.69) is 40.4 Å². The lowest BCUT2D eigenvalue weighted by Gasteiger charge is -2.40. The van der Waals surface area contributed by atoms with E-state index < -0.39 is 0 Å². The summed E-state index contributed by atoms with van der Waals surface area (Å²) in [7, 11) is 0. The van der Waals surface area contributed by atoms with Gasteiger partial charge in [0.1, 0.15) is 11.6 Å². The summed E-state index contributed by atoms with van der Waals surface area (Å²) < 4.78 is 2.42. The number of piperidine rings is 2. The third-order valence-corrected chi connectivity index (χ3v) is 9.06. The molecule has 2 aromatic rings. The van der Waals surface area contributed by atoms with Crippen LogP contribution in [0.1, 0.15) is 89.3 Å². The third kappa shape index (κ3) is 5.51. The standard InChI is InChI=1S/C30H44N6O2/c1-21(2)29-32-31-22(3)36(29)28-19-26-11-12-27(20-28)34(26)15-8-16-35(25-9-6-5-7-10-25)30(38)24-13-17-33(18-14-24)23(4)37/h5-7,9-10,21,24,26-28H,8,11-20H2,1-4H3. The Morgan fingerprint density at radius 2 is 1.63 bits per heavy atom. The maximum atomic E-state index is 13.7. The van der Waals surface area contributed by atoms with Crippen LogP contribution in [0.2, 0.25) is 0 Å². The number of para-hydroxylation sites is 1. The molecule has 0 aliphatic carbocycles. The minimum Gasteiger partial charge on any atom is -0.343 e. The molecule has 0 radical (unpaired) electrons. The van der Waals surface area contributed by atoms with Crippen LogP contribution in [0.15, 0.2) is 30.3 Å². The van der Waals surface area contributed by atoms with Gasteiger partial charge in [0.05, 0.1) is 0 Å². The van der Waals surface area contributed by atoms with Gasteiger partial charge < -0.3 is 14.4 Å². The molecule has 1 aromatic carbocycles. The Bertz CT molecular complexity index is 1090. The van der Waals surface area contributed by atoms with Gasteiger partial charge in [-0.3, -0.25) is 14.5 Å². The fourth-order valence-corrected chi connectivity index (χ4v) is 7.10. The van der Waals surface area contributed by atoms with Crippen molar-refractivity contribution < 1.29 is 9.59 Å². The molecule has 38 heavy (non-hydrogen) atoms. The van der Waals surface area contributed by atoms with Gasteiger partial charge in [0.2, 0.25) is 11.8 Å². The number of hydrogen-bond acceptors (Lipinski definition) is 5. The summed E-state index contributed by atoms with van der Waals surface area (Å²) in [6, 6.07) is 11.8. The number of carbonyl (C=O) groups is 2. The fraction of sp³-hybridized carbons (Fsp3) is 0.667. The van der Waals surface area contributed by atoms with Crippen LogP contribution in [0.3, 0.4) is 0 Å². The molecule has 8 nitrogen and oxygen atoms in total. The Labute approximate surface area is 227 Å². The maximum absolute atomic E-state index is 13.7. The SMILES string of the molecule is CC(=O)N1CCC(C(=O)N(CCCN2C3CCC2CC(n2c(C)nnc2C(C)C)C3)c2ccccc2)CC1. The van der Waals surface area contributed by atoms with E-state index in [1.54, 1.807) is 6.92 Å². The Hall–Kier alpha value is -2.74. The van der Waals surface area contributed by atoms with Crippen molar-refractivity contribution in [2.24, 2.45) is 5.92 Å². The van der Waals surface area contributed by atoms with E-state index in [1.807, 2.05) is 40.1 Å². The van der Waals surface area contributed by atoms with Gasteiger partial charge in [-0.25, -0.2) is 0 Å². The first-order valence-electron chi connectivity index (χ1n) is 14.6. The summed E-state index contributed by atoms with van der Waals surface area (Å²) in [5.74, 6) is 2.84. The van der Waals surface area contributed by atoms with Crippen LogP contribution in [0.4, 0.5) is 5.69 Å². The van der Waals surface area contributed by atoms with Gasteiger partial charge in [-0.1, -0.05) is 32.0 Å². The Kier molecular flexibility index (Phi) is 8.17. The molecule has 0 N–H and O–H groups in total. The molecule has 3 saturated heterocycles. The molecule has 4 heterocycles. The maximum Gasteiger partial charge on any atom is 0.230 e. The molecule has 8 heteroatoms. The van der Waals surface area contributed by atoms with Crippen molar-refractivity contribution >= 4 is 17.5 Å². The molecule has 2 atom stereocenters. The number of aryl methyl sites for hydroxylation is 1. The van der Waals surface area contributed by atoms with Crippen molar-refractivity contribution in [2.75, 3.05) is 31.1 Å². The zero-order valence-corrected chi connectivity index (χ0v) is 23.6. The van der Waals surface area contributed by atoms with E-state index >= 15 is 0 Å². The highest BCUT2D eigenvalue weighted by Crippen LogP contribution is 2.42. The Balaban J connectivity index is 1.21. The highest BCUT2D eigenvalue weighted by Gasteiger charge is 2.42. The van der Waals surface area contributed by atoms with Gasteiger partial charge in [0, 0.05) is 68.8 Å². The first-order chi connectivity index (χ1) is 18.3. The van der Waals surface area contributed by atoms with Crippen LogP contribution < -0.4 is 4.90 Å². The Morgan fingerprint density at radius 1 is 0.974 bits per heavy atom. The van der Waals surface area contributed by atoms with Crippen molar-refractivity contribution in [3.05, 3.63) is 42.0 Å². The minimum atomic E-state index is -0.0140. The predicted molar refractivity (Wildman–Crippen MR) is 149 cm³/mol. The molecule has 206 valence electrons. The quantitative estimate of drug-likeness (QED) is 0.510. The van der Waals surface area contributed by atoms with E-state index in [9.17, 15) is 9.59 Å². The van der Waals surface area contributed by atoms with Crippen LogP contribution in [-0.2, 0) is 9.59 Å². The van der Waals surface area contributed by atoms with Crippen molar-refractivity contribution in [1.29, 1.82) is 0 Å².